The summed E-state index contributed by atoms with van der Waals surface area (Å²) in [5, 5.41) is 9.75. The zero-order valence-corrected chi connectivity index (χ0v) is 28.6. The highest BCUT2D eigenvalue weighted by Crippen LogP contribution is 2.48. The van der Waals surface area contributed by atoms with Crippen LogP contribution in [0.4, 0.5) is 0 Å². The van der Waals surface area contributed by atoms with E-state index in [-0.39, 0.29) is 36.8 Å². The Bertz CT molecular complexity index is 1020. The first kappa shape index (κ1) is 35.7. The van der Waals surface area contributed by atoms with E-state index in [9.17, 15) is 9.90 Å². The Labute approximate surface area is 260 Å². The van der Waals surface area contributed by atoms with Crippen molar-refractivity contribution in [3.8, 4) is 5.75 Å². The van der Waals surface area contributed by atoms with Gasteiger partial charge in [0.15, 0.2) is 14.1 Å². The van der Waals surface area contributed by atoms with Gasteiger partial charge in [0, 0.05) is 45.1 Å². The van der Waals surface area contributed by atoms with E-state index in [2.05, 4.69) is 41.2 Å². The van der Waals surface area contributed by atoms with Gasteiger partial charge in [0.25, 0.3) is 0 Å². The van der Waals surface area contributed by atoms with E-state index in [1.54, 1.807) is 7.11 Å². The Morgan fingerprint density at radius 3 is 2.35 bits per heavy atom. The molecule has 3 rings (SSSR count). The van der Waals surface area contributed by atoms with E-state index in [1.165, 1.54) is 6.92 Å². The average Bonchev–Trinajstić information content (AvgIpc) is 2.95. The first-order valence-electron chi connectivity index (χ1n) is 16.1. The topological polar surface area (TPSA) is 92.7 Å². The van der Waals surface area contributed by atoms with Gasteiger partial charge in [-0.2, -0.15) is 0 Å². The molecule has 43 heavy (non-hydrogen) atoms. The third-order valence-corrected chi connectivity index (χ3v) is 14.1. The summed E-state index contributed by atoms with van der Waals surface area (Å²) in [6.07, 6.45) is 2.58. The molecule has 1 N–H and O–H groups in total. The predicted molar refractivity (Wildman–Crippen MR) is 170 cm³/mol. The number of benzene rings is 1. The number of esters is 1. The maximum atomic E-state index is 12.0. The van der Waals surface area contributed by atoms with Crippen LogP contribution in [-0.4, -0.2) is 69.4 Å². The smallest absolute Gasteiger partial charge is 0.302 e. The normalized spacial score (nSPS) is 28.4. The van der Waals surface area contributed by atoms with Crippen LogP contribution < -0.4 is 4.74 Å². The summed E-state index contributed by atoms with van der Waals surface area (Å²) < 4.78 is 37.8. The molecule has 0 amide bonds. The van der Waals surface area contributed by atoms with Crippen LogP contribution in [0.5, 0.6) is 5.75 Å². The monoisotopic (exact) mass is 620 g/mol. The first-order chi connectivity index (χ1) is 20.4. The molecule has 9 heteroatoms. The van der Waals surface area contributed by atoms with Crippen molar-refractivity contribution in [2.75, 3.05) is 20.3 Å². The molecule has 0 saturated carbocycles. The zero-order valence-electron chi connectivity index (χ0n) is 27.6. The van der Waals surface area contributed by atoms with Gasteiger partial charge in [0.2, 0.25) is 0 Å². The van der Waals surface area contributed by atoms with Crippen LogP contribution in [0.15, 0.2) is 36.4 Å². The molecule has 2 aliphatic heterocycles. The second-order valence-corrected chi connectivity index (χ2v) is 17.6. The molecule has 2 fully saturated rings. The van der Waals surface area contributed by atoms with Crippen LogP contribution in [0, 0.1) is 5.92 Å². The van der Waals surface area contributed by atoms with Gasteiger partial charge in [0.05, 0.1) is 38.1 Å². The number of hydrogen-bond donors (Lipinski definition) is 1. The van der Waals surface area contributed by atoms with Gasteiger partial charge in [0.1, 0.15) is 11.9 Å². The molecule has 1 spiro atoms. The number of carbonyl (C=O) groups excluding carboxylic acids is 1. The Morgan fingerprint density at radius 2 is 1.77 bits per heavy atom. The van der Waals surface area contributed by atoms with Crippen LogP contribution in [0.25, 0.3) is 0 Å². The second-order valence-electron chi connectivity index (χ2n) is 12.9. The molecule has 2 heterocycles. The molecular weight excluding hydrogens is 564 g/mol. The fourth-order valence-corrected chi connectivity index (χ4v) is 9.97. The van der Waals surface area contributed by atoms with Crippen molar-refractivity contribution in [1.29, 1.82) is 0 Å². The lowest BCUT2D eigenvalue weighted by Crippen LogP contribution is -2.61. The van der Waals surface area contributed by atoms with Crippen molar-refractivity contribution < 1.29 is 38.0 Å². The number of rotatable bonds is 16. The van der Waals surface area contributed by atoms with Crippen molar-refractivity contribution in [2.24, 2.45) is 5.92 Å². The summed E-state index contributed by atoms with van der Waals surface area (Å²) in [5.74, 6) is -0.334. The Morgan fingerprint density at radius 1 is 1.12 bits per heavy atom. The summed E-state index contributed by atoms with van der Waals surface area (Å²) >= 11 is 0. The molecule has 6 atom stereocenters. The molecule has 2 saturated heterocycles. The SMILES string of the molecule is C=C(C[C@H]1C[C@](C)(O[Si](CC)(CC)CC)C[C@@]2(C[C@@H](OC(C)=O)C[C@H](CCO)O2)O1)[C@@H](C)COCc1ccc(OC)cc1. The van der Waals surface area contributed by atoms with Gasteiger partial charge < -0.3 is 33.2 Å². The molecule has 1 aromatic rings. The molecule has 2 aliphatic rings. The van der Waals surface area contributed by atoms with Crippen molar-refractivity contribution in [1.82, 2.24) is 0 Å². The fraction of sp³-hybridized carbons (Fsp3) is 0.735. The molecule has 244 valence electrons. The van der Waals surface area contributed by atoms with Crippen molar-refractivity contribution in [3.05, 3.63) is 42.0 Å². The standard InChI is InChI=1S/C34H56O8Si/c1-9-43(10-2,11-3)42-33(7)20-32(18-25(4)26(5)22-38-23-28-12-14-29(37-8)15-13-28)41-34(24-33)21-31(39-27(6)36)19-30(40-34)16-17-35/h12-15,26,30-32,35H,4,9-11,16-24H2,1-3,5-8H3/t26-,30-,31-,32-,33-,34+/m0/s1. The van der Waals surface area contributed by atoms with E-state index in [4.69, 9.17) is 28.1 Å². The minimum absolute atomic E-state index is 0.00684. The van der Waals surface area contributed by atoms with Gasteiger partial charge in [-0.3, -0.25) is 4.79 Å². The molecule has 0 radical (unpaired) electrons. The Balaban J connectivity index is 1.77. The van der Waals surface area contributed by atoms with Crippen LogP contribution in [0.1, 0.15) is 85.6 Å². The lowest BCUT2D eigenvalue weighted by molar-refractivity contribution is -0.348. The van der Waals surface area contributed by atoms with Gasteiger partial charge in [-0.05, 0) is 55.6 Å². The maximum absolute atomic E-state index is 12.0. The number of ether oxygens (including phenoxy) is 5. The summed E-state index contributed by atoms with van der Waals surface area (Å²) in [4.78, 5) is 12.0. The van der Waals surface area contributed by atoms with E-state index < -0.39 is 19.7 Å². The van der Waals surface area contributed by atoms with Crippen molar-refractivity contribution in [3.63, 3.8) is 0 Å². The zero-order chi connectivity index (χ0) is 31.7. The third kappa shape index (κ3) is 10.1. The lowest BCUT2D eigenvalue weighted by atomic mass is 9.80. The van der Waals surface area contributed by atoms with E-state index >= 15 is 0 Å². The van der Waals surface area contributed by atoms with Crippen LogP contribution in [0.2, 0.25) is 18.1 Å². The van der Waals surface area contributed by atoms with Gasteiger partial charge in [-0.15, -0.1) is 0 Å². The Kier molecular flexibility index (Phi) is 13.3. The summed E-state index contributed by atoms with van der Waals surface area (Å²) in [5.41, 5.74) is 1.69. The summed E-state index contributed by atoms with van der Waals surface area (Å²) in [7, 11) is -0.307. The summed E-state index contributed by atoms with van der Waals surface area (Å²) in [6.45, 7) is 18.0. The summed E-state index contributed by atoms with van der Waals surface area (Å²) in [6, 6.07) is 11.0. The van der Waals surface area contributed by atoms with E-state index in [1.807, 2.05) is 24.3 Å². The minimum Gasteiger partial charge on any atom is -0.497 e. The molecule has 8 nitrogen and oxygen atoms in total. The van der Waals surface area contributed by atoms with Crippen LogP contribution >= 0.6 is 0 Å². The first-order valence-corrected chi connectivity index (χ1v) is 18.7. The number of carbonyl (C=O) groups is 1. The molecule has 0 unspecified atom stereocenters. The number of aliphatic hydroxyl groups is 1. The van der Waals surface area contributed by atoms with E-state index in [0.29, 0.717) is 45.3 Å². The van der Waals surface area contributed by atoms with Crippen LogP contribution in [-0.2, 0) is 34.8 Å². The van der Waals surface area contributed by atoms with Crippen LogP contribution in [0.3, 0.4) is 0 Å². The third-order valence-electron chi connectivity index (χ3n) is 9.29. The largest absolute Gasteiger partial charge is 0.497 e. The molecular formula is C34H56O8Si. The van der Waals surface area contributed by atoms with Gasteiger partial charge >= 0.3 is 5.97 Å². The second kappa shape index (κ2) is 16.0. The highest BCUT2D eigenvalue weighted by Gasteiger charge is 2.55. The highest BCUT2D eigenvalue weighted by atomic mass is 28.4. The molecule has 0 aromatic heterocycles. The molecule has 0 bridgehead atoms. The molecule has 0 aliphatic carbocycles. The number of aliphatic hydroxyl groups excluding tert-OH is 1. The predicted octanol–water partition coefficient (Wildman–Crippen LogP) is 6.94. The fourth-order valence-electron chi connectivity index (χ4n) is 6.84. The van der Waals surface area contributed by atoms with Gasteiger partial charge in [-0.1, -0.05) is 52.0 Å². The van der Waals surface area contributed by atoms with E-state index in [0.717, 1.165) is 41.4 Å². The average molecular weight is 621 g/mol. The number of methoxy groups -OCH3 is 1. The quantitative estimate of drug-likeness (QED) is 0.121. The van der Waals surface area contributed by atoms with Crippen molar-refractivity contribution in [2.45, 2.75) is 135 Å². The minimum atomic E-state index is -1.97. The molecule has 1 aromatic carbocycles. The number of hydrogen-bond acceptors (Lipinski definition) is 8. The van der Waals surface area contributed by atoms with Gasteiger partial charge in [-0.25, -0.2) is 0 Å². The lowest BCUT2D eigenvalue weighted by Gasteiger charge is -2.55. The maximum Gasteiger partial charge on any atom is 0.302 e. The Hall–Kier alpha value is -1.75. The highest BCUT2D eigenvalue weighted by molar-refractivity contribution is 6.73. The van der Waals surface area contributed by atoms with Crippen molar-refractivity contribution >= 4 is 14.3 Å².